The molecule has 0 aliphatic rings. The van der Waals surface area contributed by atoms with E-state index < -0.39 is 6.61 Å². The summed E-state index contributed by atoms with van der Waals surface area (Å²) in [5, 5.41) is 9.86. The molecule has 0 aliphatic heterocycles. The number of nitrogen functional groups attached to an aromatic ring is 1. The summed E-state index contributed by atoms with van der Waals surface area (Å²) in [5.41, 5.74) is 2.66. The molecule has 0 unspecified atom stereocenters. The average Bonchev–Trinajstić information content (AvgIpc) is 3.07. The van der Waals surface area contributed by atoms with E-state index in [9.17, 15) is 8.78 Å². The number of para-hydroxylation sites is 1. The van der Waals surface area contributed by atoms with E-state index >= 15 is 0 Å². The van der Waals surface area contributed by atoms with Crippen LogP contribution in [0.25, 0.3) is 22.3 Å². The average molecular weight is 399 g/mol. The fourth-order valence-corrected chi connectivity index (χ4v) is 3.63. The molecule has 9 heteroatoms. The normalized spacial score (nSPS) is 11.2. The highest BCUT2D eigenvalue weighted by Gasteiger charge is 2.14. The van der Waals surface area contributed by atoms with Crippen molar-refractivity contribution in [2.45, 2.75) is 17.5 Å². The van der Waals surface area contributed by atoms with Gasteiger partial charge >= 0.3 is 6.61 Å². The molecule has 2 aromatic heterocycles. The smallest absolute Gasteiger partial charge is 0.387 e. The van der Waals surface area contributed by atoms with E-state index in [0.29, 0.717) is 22.3 Å². The van der Waals surface area contributed by atoms with Crippen LogP contribution in [0.4, 0.5) is 8.78 Å². The molecule has 2 N–H and O–H groups in total. The van der Waals surface area contributed by atoms with Crippen LogP contribution in [0.15, 0.2) is 66.0 Å². The molecule has 0 bridgehead atoms. The maximum Gasteiger partial charge on any atom is 0.387 e. The van der Waals surface area contributed by atoms with Crippen LogP contribution in [0.1, 0.15) is 5.56 Å². The number of aromatic nitrogens is 4. The Morgan fingerprint density at radius 2 is 1.82 bits per heavy atom. The molecule has 4 rings (SSSR count). The Hall–Kier alpha value is -3.20. The number of benzene rings is 2. The molecule has 0 atom stereocenters. The highest BCUT2D eigenvalue weighted by Crippen LogP contribution is 2.28. The first kappa shape index (κ1) is 18.2. The van der Waals surface area contributed by atoms with Gasteiger partial charge in [0, 0.05) is 22.9 Å². The Kier molecular flexibility index (Phi) is 5.07. The molecule has 6 nitrogen and oxygen atoms in total. The number of ether oxygens (including phenoxy) is 1. The molecule has 28 heavy (non-hydrogen) atoms. The van der Waals surface area contributed by atoms with Crippen molar-refractivity contribution in [1.82, 2.24) is 19.9 Å². The molecule has 0 spiro atoms. The number of nitrogens with two attached hydrogens (primary N) is 1. The molecule has 2 heterocycles. The van der Waals surface area contributed by atoms with E-state index in [4.69, 9.17) is 5.84 Å². The Bertz CT molecular complexity index is 1100. The first-order valence-corrected chi connectivity index (χ1v) is 9.31. The van der Waals surface area contributed by atoms with Gasteiger partial charge in [0.25, 0.3) is 0 Å². The number of thioether (sulfide) groups is 1. The number of hydrogen-bond acceptors (Lipinski definition) is 6. The number of rotatable bonds is 6. The quantitative estimate of drug-likeness (QED) is 0.388. The SMILES string of the molecule is Nn1c(SCc2cccc3cccnc23)nnc1-c1ccc(OC(F)F)cc1. The Balaban J connectivity index is 1.52. The summed E-state index contributed by atoms with van der Waals surface area (Å²) in [7, 11) is 0. The minimum atomic E-state index is -2.87. The van der Waals surface area contributed by atoms with Crippen molar-refractivity contribution in [2.75, 3.05) is 5.84 Å². The molecule has 0 amide bonds. The summed E-state index contributed by atoms with van der Waals surface area (Å²) in [4.78, 5) is 4.44. The summed E-state index contributed by atoms with van der Waals surface area (Å²) >= 11 is 1.44. The number of hydrogen-bond donors (Lipinski definition) is 1. The third kappa shape index (κ3) is 3.74. The molecular formula is C19H15F2N5OS. The first-order valence-electron chi connectivity index (χ1n) is 8.33. The number of fused-ring (bicyclic) bond motifs is 1. The maximum atomic E-state index is 12.3. The summed E-state index contributed by atoms with van der Waals surface area (Å²) in [5.74, 6) is 7.27. The lowest BCUT2D eigenvalue weighted by atomic mass is 10.1. The fraction of sp³-hybridized carbons (Fsp3) is 0.105. The molecule has 0 fully saturated rings. The second kappa shape index (κ2) is 7.81. The lowest BCUT2D eigenvalue weighted by Gasteiger charge is -2.07. The van der Waals surface area contributed by atoms with E-state index in [1.54, 1.807) is 18.3 Å². The predicted octanol–water partition coefficient (Wildman–Crippen LogP) is 4.10. The maximum absolute atomic E-state index is 12.3. The largest absolute Gasteiger partial charge is 0.435 e. The third-order valence-electron chi connectivity index (χ3n) is 4.08. The lowest BCUT2D eigenvalue weighted by molar-refractivity contribution is -0.0498. The monoisotopic (exact) mass is 399 g/mol. The zero-order valence-corrected chi connectivity index (χ0v) is 15.3. The van der Waals surface area contributed by atoms with Crippen LogP contribution in [-0.2, 0) is 5.75 Å². The highest BCUT2D eigenvalue weighted by atomic mass is 32.2. The molecule has 0 radical (unpaired) electrons. The minimum absolute atomic E-state index is 0.0693. The van der Waals surface area contributed by atoms with Crippen molar-refractivity contribution in [1.29, 1.82) is 0 Å². The van der Waals surface area contributed by atoms with Gasteiger partial charge in [0.1, 0.15) is 5.75 Å². The molecule has 4 aromatic rings. The van der Waals surface area contributed by atoms with E-state index in [2.05, 4.69) is 19.9 Å². The summed E-state index contributed by atoms with van der Waals surface area (Å²) < 4.78 is 30.2. The van der Waals surface area contributed by atoms with Gasteiger partial charge in [0.05, 0.1) is 5.52 Å². The third-order valence-corrected chi connectivity index (χ3v) is 5.07. The van der Waals surface area contributed by atoms with Crippen LogP contribution >= 0.6 is 11.8 Å². The first-order chi connectivity index (χ1) is 13.6. The molecule has 0 saturated heterocycles. The topological polar surface area (TPSA) is 78.9 Å². The number of nitrogens with zero attached hydrogens (tertiary/aromatic N) is 4. The molecule has 142 valence electrons. The molecule has 2 aromatic carbocycles. The van der Waals surface area contributed by atoms with Crippen LogP contribution < -0.4 is 10.6 Å². The van der Waals surface area contributed by atoms with Crippen molar-refractivity contribution in [3.8, 4) is 17.1 Å². The summed E-state index contributed by atoms with van der Waals surface area (Å²) in [6.45, 7) is -2.87. The van der Waals surface area contributed by atoms with Crippen molar-refractivity contribution in [2.24, 2.45) is 0 Å². The number of alkyl halides is 2. The Labute approximate surface area is 163 Å². The Morgan fingerprint density at radius 1 is 1.04 bits per heavy atom. The van der Waals surface area contributed by atoms with E-state index in [1.165, 1.54) is 28.6 Å². The van der Waals surface area contributed by atoms with E-state index in [-0.39, 0.29) is 5.75 Å². The highest BCUT2D eigenvalue weighted by molar-refractivity contribution is 7.98. The minimum Gasteiger partial charge on any atom is -0.435 e. The van der Waals surface area contributed by atoms with Crippen LogP contribution in [0.2, 0.25) is 0 Å². The zero-order chi connectivity index (χ0) is 19.5. The van der Waals surface area contributed by atoms with Gasteiger partial charge in [-0.3, -0.25) is 4.98 Å². The second-order valence-electron chi connectivity index (χ2n) is 5.86. The van der Waals surface area contributed by atoms with E-state index in [0.717, 1.165) is 16.5 Å². The van der Waals surface area contributed by atoms with Crippen LogP contribution in [0.3, 0.4) is 0 Å². The van der Waals surface area contributed by atoms with Crippen LogP contribution in [0, 0.1) is 0 Å². The number of halogens is 2. The standard InChI is InChI=1S/C19H15F2N5OS/c20-18(21)27-15-8-6-13(7-9-15)17-24-25-19(26(17)22)28-11-14-4-1-3-12-5-2-10-23-16(12)14/h1-10,18H,11,22H2. The van der Waals surface area contributed by atoms with Gasteiger partial charge in [0.2, 0.25) is 5.16 Å². The van der Waals surface area contributed by atoms with Crippen LogP contribution in [-0.4, -0.2) is 26.5 Å². The van der Waals surface area contributed by atoms with Gasteiger partial charge in [-0.25, -0.2) is 4.68 Å². The predicted molar refractivity (Wildman–Crippen MR) is 104 cm³/mol. The van der Waals surface area contributed by atoms with Crippen molar-refractivity contribution in [3.63, 3.8) is 0 Å². The Morgan fingerprint density at radius 3 is 2.61 bits per heavy atom. The van der Waals surface area contributed by atoms with Gasteiger partial charge in [-0.15, -0.1) is 10.2 Å². The number of pyridine rings is 1. The molecule has 0 saturated carbocycles. The van der Waals surface area contributed by atoms with E-state index in [1.807, 2.05) is 30.3 Å². The van der Waals surface area contributed by atoms with Crippen molar-refractivity contribution < 1.29 is 13.5 Å². The van der Waals surface area contributed by atoms with Crippen LogP contribution in [0.5, 0.6) is 5.75 Å². The lowest BCUT2D eigenvalue weighted by Crippen LogP contribution is -2.11. The fourth-order valence-electron chi connectivity index (χ4n) is 2.78. The van der Waals surface area contributed by atoms with Gasteiger partial charge in [-0.1, -0.05) is 36.0 Å². The molecular weight excluding hydrogens is 384 g/mol. The van der Waals surface area contributed by atoms with Gasteiger partial charge < -0.3 is 10.6 Å². The zero-order valence-electron chi connectivity index (χ0n) is 14.5. The van der Waals surface area contributed by atoms with Gasteiger partial charge in [-0.2, -0.15) is 8.78 Å². The van der Waals surface area contributed by atoms with Crippen molar-refractivity contribution >= 4 is 22.7 Å². The van der Waals surface area contributed by atoms with Gasteiger partial charge in [-0.05, 0) is 35.9 Å². The van der Waals surface area contributed by atoms with Gasteiger partial charge in [0.15, 0.2) is 5.82 Å². The van der Waals surface area contributed by atoms with Crippen molar-refractivity contribution in [3.05, 3.63) is 66.4 Å². The second-order valence-corrected chi connectivity index (χ2v) is 6.80. The summed E-state index contributed by atoms with van der Waals surface area (Å²) in [6, 6.07) is 16.0. The summed E-state index contributed by atoms with van der Waals surface area (Å²) in [6.07, 6.45) is 1.77. The molecule has 0 aliphatic carbocycles.